The lowest BCUT2D eigenvalue weighted by Gasteiger charge is -2.31. The van der Waals surface area contributed by atoms with Crippen LogP contribution in [-0.2, 0) is 9.53 Å². The number of nitrogens with one attached hydrogen (secondary N) is 1. The van der Waals surface area contributed by atoms with E-state index in [0.29, 0.717) is 24.7 Å². The molecule has 1 saturated carbocycles. The number of urea groups is 1. The Morgan fingerprint density at radius 2 is 2.00 bits per heavy atom. The van der Waals surface area contributed by atoms with Gasteiger partial charge in [0.05, 0.1) is 12.6 Å². The summed E-state index contributed by atoms with van der Waals surface area (Å²) in [7, 11) is 0. The number of nitrogens with zero attached hydrogens (tertiary/aromatic N) is 1. The molecule has 2 unspecified atom stereocenters. The molecule has 1 aliphatic carbocycles. The number of amides is 2. The first kappa shape index (κ1) is 20.1. The number of halogens is 1. The Morgan fingerprint density at radius 3 is 2.64 bits per heavy atom. The maximum atomic E-state index is 13.9. The van der Waals surface area contributed by atoms with Crippen LogP contribution < -0.4 is 5.32 Å². The summed E-state index contributed by atoms with van der Waals surface area (Å²) >= 11 is 0. The molecule has 2 atom stereocenters. The largest absolute Gasteiger partial charge is 0.504 e. The van der Waals surface area contributed by atoms with Crippen LogP contribution in [0.5, 0.6) is 11.5 Å². The Kier molecular flexibility index (Phi) is 6.16. The predicted octanol–water partition coefficient (Wildman–Crippen LogP) is 3.59. The molecule has 152 valence electrons. The van der Waals surface area contributed by atoms with Crippen LogP contribution in [0.25, 0.3) is 0 Å². The van der Waals surface area contributed by atoms with Gasteiger partial charge >= 0.3 is 12.0 Å². The van der Waals surface area contributed by atoms with Crippen LogP contribution in [-0.4, -0.2) is 34.5 Å². The van der Waals surface area contributed by atoms with Crippen LogP contribution in [0.15, 0.2) is 17.1 Å². The first-order valence-electron chi connectivity index (χ1n) is 9.66. The highest BCUT2D eigenvalue weighted by Crippen LogP contribution is 2.36. The van der Waals surface area contributed by atoms with E-state index in [4.69, 9.17) is 4.74 Å². The molecule has 1 aliphatic heterocycles. The van der Waals surface area contributed by atoms with Crippen LogP contribution in [0, 0.1) is 17.7 Å². The number of aromatic hydroxyl groups is 2. The summed E-state index contributed by atoms with van der Waals surface area (Å²) in [6.45, 7) is 2.08. The first-order valence-corrected chi connectivity index (χ1v) is 9.66. The number of phenols is 2. The van der Waals surface area contributed by atoms with Crippen LogP contribution >= 0.6 is 0 Å². The van der Waals surface area contributed by atoms with E-state index in [1.807, 2.05) is 0 Å². The maximum Gasteiger partial charge on any atom is 0.341 e. The summed E-state index contributed by atoms with van der Waals surface area (Å²) in [6, 6.07) is 0.523. The third kappa shape index (κ3) is 4.26. The number of esters is 1. The standard InChI is InChI=1S/C20H25FN2O5/c1-2-14-16(19(26)28-10-11-6-4-3-5-7-11)17(23-20(27)22-14)12-8-13(21)18(25)15(24)9-12/h8-9,11,16-17,24-25H,2-7,10H2,1H3,(H,23,27). The highest BCUT2D eigenvalue weighted by atomic mass is 19.1. The molecule has 3 rings (SSSR count). The zero-order valence-electron chi connectivity index (χ0n) is 15.8. The second-order valence-corrected chi connectivity index (χ2v) is 7.37. The van der Waals surface area contributed by atoms with Gasteiger partial charge in [-0.1, -0.05) is 26.2 Å². The maximum absolute atomic E-state index is 13.9. The molecule has 1 heterocycles. The second kappa shape index (κ2) is 8.58. The van der Waals surface area contributed by atoms with Gasteiger partial charge in [0.1, 0.15) is 5.92 Å². The SMILES string of the molecule is CCC1=NC(=O)NC(c2cc(O)c(O)c(F)c2)C1C(=O)OCC1CCCCC1. The van der Waals surface area contributed by atoms with Gasteiger partial charge in [-0.25, -0.2) is 14.2 Å². The van der Waals surface area contributed by atoms with E-state index < -0.39 is 41.3 Å². The van der Waals surface area contributed by atoms with E-state index in [-0.39, 0.29) is 5.56 Å². The number of carbonyl (C=O) groups excluding carboxylic acids is 2. The number of hydrogen-bond acceptors (Lipinski definition) is 5. The van der Waals surface area contributed by atoms with Crippen molar-refractivity contribution in [2.75, 3.05) is 6.61 Å². The summed E-state index contributed by atoms with van der Waals surface area (Å²) in [5, 5.41) is 21.8. The van der Waals surface area contributed by atoms with E-state index in [1.54, 1.807) is 6.92 Å². The van der Waals surface area contributed by atoms with Crippen molar-refractivity contribution in [1.29, 1.82) is 0 Å². The molecule has 2 aliphatic rings. The average molecular weight is 392 g/mol. The van der Waals surface area contributed by atoms with E-state index in [2.05, 4.69) is 10.3 Å². The van der Waals surface area contributed by atoms with Crippen molar-refractivity contribution in [3.63, 3.8) is 0 Å². The molecule has 7 nitrogen and oxygen atoms in total. The number of carbonyl (C=O) groups is 2. The number of hydrogen-bond donors (Lipinski definition) is 3. The summed E-state index contributed by atoms with van der Waals surface area (Å²) in [6.07, 6.45) is 5.83. The molecule has 1 aromatic carbocycles. The molecule has 0 aromatic heterocycles. The molecule has 1 aromatic rings. The molecular formula is C20H25FN2O5. The molecule has 1 fully saturated rings. The molecule has 28 heavy (non-hydrogen) atoms. The van der Waals surface area contributed by atoms with Gasteiger partial charge in [-0.05, 0) is 42.9 Å². The van der Waals surface area contributed by atoms with Crippen LogP contribution in [0.4, 0.5) is 9.18 Å². The van der Waals surface area contributed by atoms with Gasteiger partial charge in [0.15, 0.2) is 17.3 Å². The number of phenolic OH excluding ortho intramolecular Hbond substituents is 2. The Hall–Kier alpha value is -2.64. The number of benzene rings is 1. The van der Waals surface area contributed by atoms with E-state index in [9.17, 15) is 24.2 Å². The van der Waals surface area contributed by atoms with Crippen molar-refractivity contribution in [3.05, 3.63) is 23.5 Å². The summed E-state index contributed by atoms with van der Waals surface area (Å²) in [5.74, 6) is -3.73. The highest BCUT2D eigenvalue weighted by Gasteiger charge is 2.40. The fourth-order valence-corrected chi connectivity index (χ4v) is 3.92. The molecule has 3 N–H and O–H groups in total. The first-order chi connectivity index (χ1) is 13.4. The minimum atomic E-state index is -1.04. The number of rotatable bonds is 5. The summed E-state index contributed by atoms with van der Waals surface area (Å²) in [4.78, 5) is 28.7. The van der Waals surface area contributed by atoms with Crippen molar-refractivity contribution in [2.45, 2.75) is 51.5 Å². The lowest BCUT2D eigenvalue weighted by atomic mass is 9.86. The fourth-order valence-electron chi connectivity index (χ4n) is 3.92. The van der Waals surface area contributed by atoms with Gasteiger partial charge in [0.25, 0.3) is 0 Å². The second-order valence-electron chi connectivity index (χ2n) is 7.37. The zero-order valence-corrected chi connectivity index (χ0v) is 15.8. The predicted molar refractivity (Wildman–Crippen MR) is 99.8 cm³/mol. The van der Waals surface area contributed by atoms with Crippen molar-refractivity contribution < 1.29 is 28.9 Å². The molecule has 0 saturated heterocycles. The van der Waals surface area contributed by atoms with E-state index in [1.165, 1.54) is 6.42 Å². The van der Waals surface area contributed by atoms with Crippen molar-refractivity contribution >= 4 is 17.7 Å². The third-order valence-electron chi connectivity index (χ3n) is 5.44. The summed E-state index contributed by atoms with van der Waals surface area (Å²) < 4.78 is 19.5. The van der Waals surface area contributed by atoms with Crippen molar-refractivity contribution in [3.8, 4) is 11.5 Å². The van der Waals surface area contributed by atoms with Gasteiger partial charge in [0.2, 0.25) is 0 Å². The summed E-state index contributed by atoms with van der Waals surface area (Å²) in [5.41, 5.74) is 0.497. The minimum Gasteiger partial charge on any atom is -0.504 e. The molecule has 8 heteroatoms. The van der Waals surface area contributed by atoms with Gasteiger partial charge in [-0.2, -0.15) is 0 Å². The quantitative estimate of drug-likeness (QED) is 0.524. The Morgan fingerprint density at radius 1 is 1.29 bits per heavy atom. The molecular weight excluding hydrogens is 367 g/mol. The van der Waals surface area contributed by atoms with Crippen LogP contribution in [0.1, 0.15) is 57.1 Å². The number of aliphatic imine (C=N–C) groups is 1. The Balaban J connectivity index is 1.85. The Labute approximate surface area is 162 Å². The van der Waals surface area contributed by atoms with E-state index in [0.717, 1.165) is 37.8 Å². The third-order valence-corrected chi connectivity index (χ3v) is 5.44. The monoisotopic (exact) mass is 392 g/mol. The van der Waals surface area contributed by atoms with Gasteiger partial charge < -0.3 is 20.3 Å². The van der Waals surface area contributed by atoms with Crippen LogP contribution in [0.2, 0.25) is 0 Å². The van der Waals surface area contributed by atoms with E-state index >= 15 is 0 Å². The molecule has 0 spiro atoms. The highest BCUT2D eigenvalue weighted by molar-refractivity contribution is 6.09. The van der Waals surface area contributed by atoms with Crippen molar-refractivity contribution in [1.82, 2.24) is 5.32 Å². The van der Waals surface area contributed by atoms with Gasteiger partial charge in [-0.3, -0.25) is 4.79 Å². The van der Waals surface area contributed by atoms with Crippen LogP contribution in [0.3, 0.4) is 0 Å². The topological polar surface area (TPSA) is 108 Å². The Bertz CT molecular complexity index is 766. The van der Waals surface area contributed by atoms with Gasteiger partial charge in [-0.15, -0.1) is 0 Å². The van der Waals surface area contributed by atoms with Crippen molar-refractivity contribution in [2.24, 2.45) is 16.8 Å². The zero-order chi connectivity index (χ0) is 20.3. The molecule has 0 radical (unpaired) electrons. The normalized spacial score (nSPS) is 23.1. The number of ether oxygens (including phenoxy) is 1. The minimum absolute atomic E-state index is 0.154. The average Bonchev–Trinajstić information content (AvgIpc) is 2.69. The molecule has 2 amide bonds. The van der Waals surface area contributed by atoms with Gasteiger partial charge in [0, 0.05) is 5.71 Å². The fraction of sp³-hybridized carbons (Fsp3) is 0.550. The smallest absolute Gasteiger partial charge is 0.341 e. The molecule has 0 bridgehead atoms. The lowest BCUT2D eigenvalue weighted by molar-refractivity contribution is -0.148. The lowest BCUT2D eigenvalue weighted by Crippen LogP contribution is -2.45.